The smallest absolute Gasteiger partial charge is 0.190 e. The van der Waals surface area contributed by atoms with Gasteiger partial charge in [-0.05, 0) is 31.0 Å². The summed E-state index contributed by atoms with van der Waals surface area (Å²) in [6.07, 6.45) is 1.97. The summed E-state index contributed by atoms with van der Waals surface area (Å²) in [6.45, 7) is 0. The number of benzene rings is 1. The van der Waals surface area contributed by atoms with Gasteiger partial charge in [-0.15, -0.1) is 0 Å². The lowest BCUT2D eigenvalue weighted by molar-refractivity contribution is 0.0960. The van der Waals surface area contributed by atoms with Gasteiger partial charge in [-0.25, -0.2) is 0 Å². The van der Waals surface area contributed by atoms with E-state index in [2.05, 4.69) is 4.90 Å². The maximum Gasteiger partial charge on any atom is 0.190 e. The van der Waals surface area contributed by atoms with Gasteiger partial charge in [-0.2, -0.15) is 0 Å². The maximum absolute atomic E-state index is 12.2. The fourth-order valence-corrected chi connectivity index (χ4v) is 2.43. The van der Waals surface area contributed by atoms with E-state index in [9.17, 15) is 4.79 Å². The number of carbonyl (C=O) groups is 1. The molecule has 1 aromatic carbocycles. The highest BCUT2D eigenvalue weighted by Gasteiger charge is 2.58. The molecular formula is C12H13NO2. The maximum atomic E-state index is 12.2. The topological polar surface area (TPSA) is 29.5 Å². The van der Waals surface area contributed by atoms with Gasteiger partial charge in [0.15, 0.2) is 5.78 Å². The number of ketones is 1. The van der Waals surface area contributed by atoms with E-state index >= 15 is 0 Å². The van der Waals surface area contributed by atoms with Crippen LogP contribution in [-0.4, -0.2) is 25.5 Å². The Hall–Kier alpha value is -1.51. The molecule has 78 valence electrons. The van der Waals surface area contributed by atoms with E-state index in [0.29, 0.717) is 0 Å². The van der Waals surface area contributed by atoms with Crippen LogP contribution in [0.25, 0.3) is 0 Å². The second kappa shape index (κ2) is 2.54. The Kier molecular flexibility index (Phi) is 1.48. The minimum atomic E-state index is -0.200. The molecule has 1 heterocycles. The number of ether oxygens (including phenoxy) is 1. The largest absolute Gasteiger partial charge is 0.497 e. The van der Waals surface area contributed by atoms with Gasteiger partial charge in [0.05, 0.1) is 7.11 Å². The summed E-state index contributed by atoms with van der Waals surface area (Å²) in [5.74, 6) is 1.02. The van der Waals surface area contributed by atoms with Gasteiger partial charge in [0, 0.05) is 18.3 Å². The van der Waals surface area contributed by atoms with Crippen molar-refractivity contribution >= 4 is 11.5 Å². The molecule has 1 spiro atoms. The van der Waals surface area contributed by atoms with E-state index in [1.54, 1.807) is 7.11 Å². The van der Waals surface area contributed by atoms with Crippen LogP contribution < -0.4 is 9.64 Å². The molecule has 0 aromatic heterocycles. The summed E-state index contributed by atoms with van der Waals surface area (Å²) in [7, 11) is 3.63. The van der Waals surface area contributed by atoms with Crippen LogP contribution in [0, 0.1) is 0 Å². The molecule has 1 aliphatic carbocycles. The van der Waals surface area contributed by atoms with Gasteiger partial charge in [0.25, 0.3) is 0 Å². The Morgan fingerprint density at radius 1 is 1.40 bits per heavy atom. The van der Waals surface area contributed by atoms with Gasteiger partial charge in [-0.1, -0.05) is 0 Å². The van der Waals surface area contributed by atoms with Crippen molar-refractivity contribution in [2.24, 2.45) is 0 Å². The number of carbonyl (C=O) groups excluding carboxylic acids is 1. The van der Waals surface area contributed by atoms with E-state index < -0.39 is 0 Å². The van der Waals surface area contributed by atoms with E-state index in [1.807, 2.05) is 25.2 Å². The minimum Gasteiger partial charge on any atom is -0.497 e. The first-order valence-electron chi connectivity index (χ1n) is 5.16. The molecule has 3 heteroatoms. The lowest BCUT2D eigenvalue weighted by Crippen LogP contribution is -2.33. The lowest BCUT2D eigenvalue weighted by Gasteiger charge is -2.19. The van der Waals surface area contributed by atoms with E-state index in [1.165, 1.54) is 0 Å². The summed E-state index contributed by atoms with van der Waals surface area (Å²) in [6, 6.07) is 5.73. The number of Topliss-reactive ketones (excluding diaryl/α,β-unsaturated/α-hetero) is 1. The number of likely N-dealkylation sites (N-methyl/N-ethyl adjacent to an activating group) is 1. The molecule has 2 aliphatic rings. The van der Waals surface area contributed by atoms with Crippen molar-refractivity contribution in [2.45, 2.75) is 18.4 Å². The van der Waals surface area contributed by atoms with E-state index in [4.69, 9.17) is 4.74 Å². The number of rotatable bonds is 1. The SMILES string of the molecule is COc1ccc2c(c1)C(=O)C1(CC1)N2C. The van der Waals surface area contributed by atoms with Gasteiger partial charge in [0.1, 0.15) is 11.3 Å². The molecule has 0 saturated heterocycles. The molecule has 1 fully saturated rings. The Labute approximate surface area is 88.6 Å². The number of anilines is 1. The second-order valence-corrected chi connectivity index (χ2v) is 4.30. The van der Waals surface area contributed by atoms with Crippen molar-refractivity contribution in [3.8, 4) is 5.75 Å². The van der Waals surface area contributed by atoms with E-state index in [0.717, 1.165) is 29.8 Å². The molecule has 3 nitrogen and oxygen atoms in total. The van der Waals surface area contributed by atoms with E-state index in [-0.39, 0.29) is 11.3 Å². The van der Waals surface area contributed by atoms with Crippen molar-refractivity contribution in [3.05, 3.63) is 23.8 Å². The number of nitrogens with zero attached hydrogens (tertiary/aromatic N) is 1. The van der Waals surface area contributed by atoms with Gasteiger partial charge in [0.2, 0.25) is 0 Å². The molecule has 1 aromatic rings. The van der Waals surface area contributed by atoms with Crippen LogP contribution in [0.15, 0.2) is 18.2 Å². The zero-order valence-electron chi connectivity index (χ0n) is 8.91. The number of methoxy groups -OCH3 is 1. The summed E-state index contributed by atoms with van der Waals surface area (Å²) >= 11 is 0. The summed E-state index contributed by atoms with van der Waals surface area (Å²) in [5.41, 5.74) is 1.65. The quantitative estimate of drug-likeness (QED) is 0.697. The Bertz CT molecular complexity index is 449. The Morgan fingerprint density at radius 3 is 2.73 bits per heavy atom. The highest BCUT2D eigenvalue weighted by atomic mass is 16.5. The van der Waals surface area contributed by atoms with Crippen LogP contribution in [0.5, 0.6) is 5.75 Å². The van der Waals surface area contributed by atoms with Crippen LogP contribution >= 0.6 is 0 Å². The average Bonchev–Trinajstić information content (AvgIpc) is 3.04. The average molecular weight is 203 g/mol. The van der Waals surface area contributed by atoms with Gasteiger partial charge < -0.3 is 9.64 Å². The predicted molar refractivity (Wildman–Crippen MR) is 57.7 cm³/mol. The van der Waals surface area contributed by atoms with Crippen LogP contribution in [0.2, 0.25) is 0 Å². The summed E-state index contributed by atoms with van der Waals surface area (Å²) in [5, 5.41) is 0. The molecule has 15 heavy (non-hydrogen) atoms. The van der Waals surface area contributed by atoms with Crippen molar-refractivity contribution in [3.63, 3.8) is 0 Å². The fourth-order valence-electron chi connectivity index (χ4n) is 2.43. The van der Waals surface area contributed by atoms with Crippen molar-refractivity contribution in [2.75, 3.05) is 19.1 Å². The monoisotopic (exact) mass is 203 g/mol. The van der Waals surface area contributed by atoms with Crippen LogP contribution in [-0.2, 0) is 0 Å². The first-order chi connectivity index (χ1) is 7.19. The summed E-state index contributed by atoms with van der Waals surface area (Å²) in [4.78, 5) is 14.3. The fraction of sp³-hybridized carbons (Fsp3) is 0.417. The summed E-state index contributed by atoms with van der Waals surface area (Å²) < 4.78 is 5.14. The van der Waals surface area contributed by atoms with Crippen molar-refractivity contribution in [1.29, 1.82) is 0 Å². The number of fused-ring (bicyclic) bond motifs is 1. The van der Waals surface area contributed by atoms with Gasteiger partial charge in [-0.3, -0.25) is 4.79 Å². The zero-order chi connectivity index (χ0) is 10.6. The van der Waals surface area contributed by atoms with Crippen LogP contribution in [0.4, 0.5) is 5.69 Å². The number of hydrogen-bond acceptors (Lipinski definition) is 3. The zero-order valence-corrected chi connectivity index (χ0v) is 8.91. The molecule has 1 saturated carbocycles. The molecule has 0 N–H and O–H groups in total. The lowest BCUT2D eigenvalue weighted by atomic mass is 10.1. The molecule has 0 bridgehead atoms. The van der Waals surface area contributed by atoms with Crippen LogP contribution in [0.1, 0.15) is 23.2 Å². The van der Waals surface area contributed by atoms with Crippen molar-refractivity contribution in [1.82, 2.24) is 0 Å². The molecule has 0 radical (unpaired) electrons. The third-order valence-electron chi connectivity index (χ3n) is 3.60. The first-order valence-corrected chi connectivity index (χ1v) is 5.16. The normalized spacial score (nSPS) is 20.7. The first kappa shape index (κ1) is 8.77. The molecule has 3 rings (SSSR count). The Morgan fingerprint density at radius 2 is 2.13 bits per heavy atom. The predicted octanol–water partition coefficient (Wildman–Crippen LogP) is 1.86. The molecular weight excluding hydrogens is 190 g/mol. The third-order valence-corrected chi connectivity index (χ3v) is 3.60. The third kappa shape index (κ3) is 0.928. The highest BCUT2D eigenvalue weighted by molar-refractivity contribution is 6.16. The standard InChI is InChI=1S/C12H13NO2/c1-13-10-4-3-8(15-2)7-9(10)11(14)12(13)5-6-12/h3-4,7H,5-6H2,1-2H3. The minimum absolute atomic E-state index is 0.200. The Balaban J connectivity index is 2.15. The number of hydrogen-bond donors (Lipinski definition) is 0. The molecule has 0 atom stereocenters. The molecule has 1 aliphatic heterocycles. The van der Waals surface area contributed by atoms with Gasteiger partial charge >= 0.3 is 0 Å². The molecule has 0 unspecified atom stereocenters. The van der Waals surface area contributed by atoms with Crippen LogP contribution in [0.3, 0.4) is 0 Å². The van der Waals surface area contributed by atoms with Crippen molar-refractivity contribution < 1.29 is 9.53 Å². The molecule has 0 amide bonds. The second-order valence-electron chi connectivity index (χ2n) is 4.30. The highest BCUT2D eigenvalue weighted by Crippen LogP contribution is 2.52.